The van der Waals surface area contributed by atoms with E-state index in [1.807, 2.05) is 0 Å². The first kappa shape index (κ1) is 13.2. The summed E-state index contributed by atoms with van der Waals surface area (Å²) in [5.41, 5.74) is 0.889. The molecule has 92 valence electrons. The zero-order valence-electron chi connectivity index (χ0n) is 9.66. The van der Waals surface area contributed by atoms with E-state index in [4.69, 9.17) is 5.11 Å². The standard InChI is InChI=1S/C12H14FNO3/c1-7-5-9(3-4-10(7)13)14-11(15)6-8(2)12(16)17/h3-5,8H,6H2,1-2H3,(H,14,15)(H,16,17). The number of aliphatic carboxylic acids is 1. The molecule has 1 unspecified atom stereocenters. The van der Waals surface area contributed by atoms with E-state index in [0.29, 0.717) is 11.3 Å². The van der Waals surface area contributed by atoms with Crippen LogP contribution >= 0.6 is 0 Å². The minimum atomic E-state index is -1.02. The van der Waals surface area contributed by atoms with Gasteiger partial charge in [0.25, 0.3) is 0 Å². The minimum Gasteiger partial charge on any atom is -0.481 e. The van der Waals surface area contributed by atoms with Crippen molar-refractivity contribution in [3.63, 3.8) is 0 Å². The van der Waals surface area contributed by atoms with Crippen LogP contribution in [0.2, 0.25) is 0 Å². The molecule has 1 amide bonds. The van der Waals surface area contributed by atoms with E-state index in [-0.39, 0.29) is 12.2 Å². The highest BCUT2D eigenvalue weighted by atomic mass is 19.1. The van der Waals surface area contributed by atoms with Crippen LogP contribution in [-0.4, -0.2) is 17.0 Å². The maximum atomic E-state index is 13.0. The number of carboxylic acids is 1. The van der Waals surface area contributed by atoms with Gasteiger partial charge in [-0.25, -0.2) is 4.39 Å². The fourth-order valence-corrected chi connectivity index (χ4v) is 1.30. The van der Waals surface area contributed by atoms with Crippen molar-refractivity contribution < 1.29 is 19.1 Å². The lowest BCUT2D eigenvalue weighted by atomic mass is 10.1. The molecule has 1 atom stereocenters. The zero-order valence-corrected chi connectivity index (χ0v) is 9.66. The Morgan fingerprint density at radius 3 is 2.65 bits per heavy atom. The van der Waals surface area contributed by atoms with Gasteiger partial charge < -0.3 is 10.4 Å². The summed E-state index contributed by atoms with van der Waals surface area (Å²) in [4.78, 5) is 22.0. The number of hydrogen-bond donors (Lipinski definition) is 2. The van der Waals surface area contributed by atoms with Crippen LogP contribution in [0.25, 0.3) is 0 Å². The summed E-state index contributed by atoms with van der Waals surface area (Å²) >= 11 is 0. The first-order valence-electron chi connectivity index (χ1n) is 5.19. The molecule has 0 fully saturated rings. The van der Waals surface area contributed by atoms with Crippen molar-refractivity contribution in [2.75, 3.05) is 5.32 Å². The number of carbonyl (C=O) groups is 2. The third kappa shape index (κ3) is 3.86. The molecule has 0 radical (unpaired) electrons. The number of anilines is 1. The molecule has 5 heteroatoms. The lowest BCUT2D eigenvalue weighted by Crippen LogP contribution is -2.20. The van der Waals surface area contributed by atoms with Gasteiger partial charge in [0.05, 0.1) is 5.92 Å². The van der Waals surface area contributed by atoms with E-state index in [2.05, 4.69) is 5.32 Å². The molecular formula is C12H14FNO3. The van der Waals surface area contributed by atoms with E-state index in [9.17, 15) is 14.0 Å². The number of amides is 1. The van der Waals surface area contributed by atoms with Crippen molar-refractivity contribution in [2.24, 2.45) is 5.92 Å². The Morgan fingerprint density at radius 1 is 1.47 bits per heavy atom. The fourth-order valence-electron chi connectivity index (χ4n) is 1.30. The van der Waals surface area contributed by atoms with Crippen LogP contribution in [0.3, 0.4) is 0 Å². The lowest BCUT2D eigenvalue weighted by molar-refractivity contribution is -0.142. The molecule has 0 aliphatic rings. The lowest BCUT2D eigenvalue weighted by Gasteiger charge is -2.08. The van der Waals surface area contributed by atoms with Crippen LogP contribution in [0.5, 0.6) is 0 Å². The second-order valence-electron chi connectivity index (χ2n) is 3.96. The Bertz CT molecular complexity index is 445. The Hall–Kier alpha value is -1.91. The number of nitrogens with one attached hydrogen (secondary N) is 1. The van der Waals surface area contributed by atoms with Crippen LogP contribution in [0.1, 0.15) is 18.9 Å². The molecule has 0 bridgehead atoms. The molecule has 1 rings (SSSR count). The van der Waals surface area contributed by atoms with E-state index >= 15 is 0 Å². The van der Waals surface area contributed by atoms with Crippen LogP contribution in [0.15, 0.2) is 18.2 Å². The van der Waals surface area contributed by atoms with Gasteiger partial charge >= 0.3 is 5.97 Å². The molecule has 0 spiro atoms. The van der Waals surface area contributed by atoms with E-state index < -0.39 is 17.8 Å². The molecule has 1 aromatic carbocycles. The number of aryl methyl sites for hydroxylation is 1. The molecule has 0 saturated carbocycles. The van der Waals surface area contributed by atoms with Gasteiger partial charge in [-0.3, -0.25) is 9.59 Å². The average molecular weight is 239 g/mol. The van der Waals surface area contributed by atoms with Crippen molar-refractivity contribution in [3.8, 4) is 0 Å². The Kier molecular flexibility index (Phi) is 4.20. The van der Waals surface area contributed by atoms with E-state index in [1.165, 1.54) is 25.1 Å². The molecule has 0 aliphatic heterocycles. The van der Waals surface area contributed by atoms with Crippen LogP contribution in [0.4, 0.5) is 10.1 Å². The normalized spacial score (nSPS) is 11.9. The second-order valence-corrected chi connectivity index (χ2v) is 3.96. The maximum Gasteiger partial charge on any atom is 0.306 e. The van der Waals surface area contributed by atoms with E-state index in [1.54, 1.807) is 6.92 Å². The van der Waals surface area contributed by atoms with Crippen LogP contribution in [-0.2, 0) is 9.59 Å². The van der Waals surface area contributed by atoms with Gasteiger partial charge in [0, 0.05) is 12.1 Å². The van der Waals surface area contributed by atoms with Crippen molar-refractivity contribution in [1.29, 1.82) is 0 Å². The highest BCUT2D eigenvalue weighted by Gasteiger charge is 2.15. The zero-order chi connectivity index (χ0) is 13.0. The predicted octanol–water partition coefficient (Wildman–Crippen LogP) is 2.18. The summed E-state index contributed by atoms with van der Waals surface area (Å²) in [7, 11) is 0. The van der Waals surface area contributed by atoms with Crippen molar-refractivity contribution in [3.05, 3.63) is 29.6 Å². The summed E-state index contributed by atoms with van der Waals surface area (Å²) < 4.78 is 13.0. The first-order valence-corrected chi connectivity index (χ1v) is 5.19. The largest absolute Gasteiger partial charge is 0.481 e. The van der Waals surface area contributed by atoms with Crippen LogP contribution < -0.4 is 5.32 Å². The second kappa shape index (κ2) is 5.43. The summed E-state index contributed by atoms with van der Waals surface area (Å²) in [6, 6.07) is 4.19. The van der Waals surface area contributed by atoms with Gasteiger partial charge in [-0.05, 0) is 30.7 Å². The predicted molar refractivity (Wildman–Crippen MR) is 61.2 cm³/mol. The van der Waals surface area contributed by atoms with E-state index in [0.717, 1.165) is 0 Å². The van der Waals surface area contributed by atoms with Crippen molar-refractivity contribution in [2.45, 2.75) is 20.3 Å². The molecule has 1 aromatic rings. The molecule has 0 heterocycles. The molecule has 0 aromatic heterocycles. The average Bonchev–Trinajstić information content (AvgIpc) is 2.23. The fraction of sp³-hybridized carbons (Fsp3) is 0.333. The molecule has 17 heavy (non-hydrogen) atoms. The monoisotopic (exact) mass is 239 g/mol. The van der Waals surface area contributed by atoms with Crippen molar-refractivity contribution in [1.82, 2.24) is 0 Å². The number of benzene rings is 1. The smallest absolute Gasteiger partial charge is 0.306 e. The summed E-state index contributed by atoms with van der Waals surface area (Å²) in [6.07, 6.45) is -0.105. The minimum absolute atomic E-state index is 0.105. The Balaban J connectivity index is 2.62. The first-order chi connectivity index (χ1) is 7.90. The number of carbonyl (C=O) groups excluding carboxylic acids is 1. The highest BCUT2D eigenvalue weighted by Crippen LogP contribution is 2.14. The quantitative estimate of drug-likeness (QED) is 0.846. The molecule has 4 nitrogen and oxygen atoms in total. The molecule has 0 saturated heterocycles. The number of carboxylic acid groups (broad SMARTS) is 1. The van der Waals surface area contributed by atoms with Gasteiger partial charge in [-0.15, -0.1) is 0 Å². The third-order valence-electron chi connectivity index (χ3n) is 2.35. The summed E-state index contributed by atoms with van der Waals surface area (Å²) in [5, 5.41) is 11.2. The van der Waals surface area contributed by atoms with Crippen LogP contribution in [0, 0.1) is 18.7 Å². The van der Waals surface area contributed by atoms with Crippen molar-refractivity contribution >= 4 is 17.6 Å². The highest BCUT2D eigenvalue weighted by molar-refractivity contribution is 5.93. The SMILES string of the molecule is Cc1cc(NC(=O)CC(C)C(=O)O)ccc1F. The Morgan fingerprint density at radius 2 is 2.12 bits per heavy atom. The topological polar surface area (TPSA) is 66.4 Å². The number of rotatable bonds is 4. The van der Waals surface area contributed by atoms with Gasteiger partial charge in [-0.1, -0.05) is 6.92 Å². The molecular weight excluding hydrogens is 225 g/mol. The third-order valence-corrected chi connectivity index (χ3v) is 2.35. The maximum absolute atomic E-state index is 13.0. The van der Waals surface area contributed by atoms with Gasteiger partial charge in [0.1, 0.15) is 5.82 Å². The van der Waals surface area contributed by atoms with Gasteiger partial charge in [0.15, 0.2) is 0 Å². The molecule has 0 aliphatic carbocycles. The Labute approximate surface area is 98.5 Å². The van der Waals surface area contributed by atoms with Gasteiger partial charge in [0.2, 0.25) is 5.91 Å². The molecule has 2 N–H and O–H groups in total. The number of hydrogen-bond acceptors (Lipinski definition) is 2. The summed E-state index contributed by atoms with van der Waals surface area (Å²) in [6.45, 7) is 3.04. The van der Waals surface area contributed by atoms with Gasteiger partial charge in [-0.2, -0.15) is 0 Å². The number of halogens is 1. The summed E-state index contributed by atoms with van der Waals surface area (Å²) in [5.74, 6) is -2.50.